The Balaban J connectivity index is 1.77. The Labute approximate surface area is 112 Å². The largest absolute Gasteiger partial charge is 0.378 e. The van der Waals surface area contributed by atoms with Crippen LogP contribution in [0.3, 0.4) is 0 Å². The Kier molecular flexibility index (Phi) is 9.48. The van der Waals surface area contributed by atoms with Gasteiger partial charge >= 0.3 is 0 Å². The summed E-state index contributed by atoms with van der Waals surface area (Å²) in [5.74, 6) is 0. The van der Waals surface area contributed by atoms with Crippen LogP contribution in [0.25, 0.3) is 0 Å². The molecule has 0 bridgehead atoms. The highest BCUT2D eigenvalue weighted by Gasteiger charge is 2.10. The van der Waals surface area contributed by atoms with Crippen molar-refractivity contribution in [3.05, 3.63) is 0 Å². The minimum absolute atomic E-state index is 0.439. The van der Waals surface area contributed by atoms with E-state index in [1.54, 1.807) is 0 Å². The summed E-state index contributed by atoms with van der Waals surface area (Å²) in [6, 6.07) is 0.439. The first-order valence-electron chi connectivity index (χ1n) is 7.44. The lowest BCUT2D eigenvalue weighted by atomic mass is 10.3. The summed E-state index contributed by atoms with van der Waals surface area (Å²) in [5.41, 5.74) is 0. The normalized spacial score (nSPS) is 18.3. The van der Waals surface area contributed by atoms with E-state index < -0.39 is 0 Å². The summed E-state index contributed by atoms with van der Waals surface area (Å²) in [7, 11) is 0. The van der Waals surface area contributed by atoms with Crippen molar-refractivity contribution in [1.29, 1.82) is 0 Å². The summed E-state index contributed by atoms with van der Waals surface area (Å²) >= 11 is 0. The van der Waals surface area contributed by atoms with E-state index in [0.29, 0.717) is 19.3 Å². The first kappa shape index (κ1) is 15.9. The van der Waals surface area contributed by atoms with Crippen LogP contribution in [0.15, 0.2) is 0 Å². The van der Waals surface area contributed by atoms with Crippen molar-refractivity contribution in [3.8, 4) is 0 Å². The molecule has 0 aromatic carbocycles. The van der Waals surface area contributed by atoms with E-state index in [2.05, 4.69) is 24.1 Å². The molecular weight excluding hydrogens is 228 g/mol. The molecule has 0 saturated carbocycles. The zero-order chi connectivity index (χ0) is 13.1. The van der Waals surface area contributed by atoms with Crippen LogP contribution in [0.2, 0.25) is 0 Å². The molecule has 1 atom stereocenters. The lowest BCUT2D eigenvalue weighted by Crippen LogP contribution is -2.31. The van der Waals surface area contributed by atoms with E-state index in [1.807, 2.05) is 0 Å². The van der Waals surface area contributed by atoms with Crippen LogP contribution in [0, 0.1) is 0 Å². The van der Waals surface area contributed by atoms with E-state index in [1.165, 1.54) is 32.4 Å². The van der Waals surface area contributed by atoms with Crippen LogP contribution in [0.4, 0.5) is 0 Å². The molecule has 1 saturated heterocycles. The molecule has 1 rings (SSSR count). The number of rotatable bonds is 11. The van der Waals surface area contributed by atoms with Gasteiger partial charge in [-0.05, 0) is 45.8 Å². The van der Waals surface area contributed by atoms with Crippen LogP contribution >= 0.6 is 0 Å². The van der Waals surface area contributed by atoms with Crippen molar-refractivity contribution >= 4 is 0 Å². The van der Waals surface area contributed by atoms with Crippen LogP contribution in [-0.2, 0) is 9.47 Å². The molecule has 0 spiro atoms. The number of ether oxygens (including phenoxy) is 2. The first-order chi connectivity index (χ1) is 8.83. The van der Waals surface area contributed by atoms with Crippen molar-refractivity contribution < 1.29 is 9.47 Å². The van der Waals surface area contributed by atoms with E-state index in [9.17, 15) is 0 Å². The van der Waals surface area contributed by atoms with Gasteiger partial charge in [-0.2, -0.15) is 0 Å². The van der Waals surface area contributed by atoms with Gasteiger partial charge in [0.1, 0.15) is 0 Å². The molecule has 0 radical (unpaired) electrons. The SMILES string of the molecule is CCCNC(C)COCCOCCN1CCCC1. The summed E-state index contributed by atoms with van der Waals surface area (Å²) in [5, 5.41) is 3.40. The minimum atomic E-state index is 0.439. The molecule has 1 fully saturated rings. The fraction of sp³-hybridized carbons (Fsp3) is 1.00. The Morgan fingerprint density at radius 3 is 2.56 bits per heavy atom. The van der Waals surface area contributed by atoms with Crippen molar-refractivity contribution in [2.45, 2.75) is 39.2 Å². The highest BCUT2D eigenvalue weighted by Crippen LogP contribution is 2.05. The fourth-order valence-corrected chi connectivity index (χ4v) is 2.13. The van der Waals surface area contributed by atoms with Crippen LogP contribution in [0.5, 0.6) is 0 Å². The van der Waals surface area contributed by atoms with Gasteiger partial charge in [0, 0.05) is 12.6 Å². The molecule has 0 aliphatic carbocycles. The highest BCUT2D eigenvalue weighted by molar-refractivity contribution is 4.65. The van der Waals surface area contributed by atoms with Crippen molar-refractivity contribution in [2.75, 3.05) is 52.6 Å². The first-order valence-corrected chi connectivity index (χ1v) is 7.44. The zero-order valence-electron chi connectivity index (χ0n) is 12.1. The second-order valence-corrected chi connectivity index (χ2v) is 5.09. The predicted molar refractivity (Wildman–Crippen MR) is 75.1 cm³/mol. The molecule has 4 heteroatoms. The van der Waals surface area contributed by atoms with Crippen LogP contribution < -0.4 is 5.32 Å². The highest BCUT2D eigenvalue weighted by atomic mass is 16.5. The van der Waals surface area contributed by atoms with Crippen molar-refractivity contribution in [3.63, 3.8) is 0 Å². The molecule has 1 aliphatic rings. The third kappa shape index (κ3) is 8.03. The molecule has 1 aliphatic heterocycles. The number of hydrogen-bond donors (Lipinski definition) is 1. The number of nitrogens with one attached hydrogen (secondary N) is 1. The van der Waals surface area contributed by atoms with Gasteiger partial charge in [-0.1, -0.05) is 6.92 Å². The summed E-state index contributed by atoms with van der Waals surface area (Å²) < 4.78 is 11.1. The average Bonchev–Trinajstić information content (AvgIpc) is 2.88. The molecule has 1 N–H and O–H groups in total. The number of nitrogens with zero attached hydrogens (tertiary/aromatic N) is 1. The Hall–Kier alpha value is -0.160. The molecule has 0 aromatic rings. The van der Waals surface area contributed by atoms with Gasteiger partial charge in [0.15, 0.2) is 0 Å². The molecular formula is C14H30N2O2. The van der Waals surface area contributed by atoms with Gasteiger partial charge in [0.25, 0.3) is 0 Å². The van der Waals surface area contributed by atoms with E-state index >= 15 is 0 Å². The maximum atomic E-state index is 5.57. The summed E-state index contributed by atoms with van der Waals surface area (Å²) in [4.78, 5) is 2.47. The minimum Gasteiger partial charge on any atom is -0.378 e. The monoisotopic (exact) mass is 258 g/mol. The third-order valence-electron chi connectivity index (χ3n) is 3.23. The Bertz CT molecular complexity index is 185. The second-order valence-electron chi connectivity index (χ2n) is 5.09. The van der Waals surface area contributed by atoms with Gasteiger partial charge in [-0.3, -0.25) is 0 Å². The molecule has 1 unspecified atom stereocenters. The lowest BCUT2D eigenvalue weighted by Gasteiger charge is -2.15. The molecule has 108 valence electrons. The van der Waals surface area contributed by atoms with Crippen LogP contribution in [0.1, 0.15) is 33.1 Å². The smallest absolute Gasteiger partial charge is 0.0701 e. The lowest BCUT2D eigenvalue weighted by molar-refractivity contribution is 0.0347. The van der Waals surface area contributed by atoms with Crippen LogP contribution in [-0.4, -0.2) is 63.5 Å². The maximum Gasteiger partial charge on any atom is 0.0701 e. The number of likely N-dealkylation sites (tertiary alicyclic amines) is 1. The van der Waals surface area contributed by atoms with Crippen molar-refractivity contribution in [1.82, 2.24) is 10.2 Å². The summed E-state index contributed by atoms with van der Waals surface area (Å²) in [6.45, 7) is 12.0. The Morgan fingerprint density at radius 1 is 1.11 bits per heavy atom. The van der Waals surface area contributed by atoms with Gasteiger partial charge in [0.05, 0.1) is 26.4 Å². The maximum absolute atomic E-state index is 5.57. The van der Waals surface area contributed by atoms with E-state index in [-0.39, 0.29) is 0 Å². The van der Waals surface area contributed by atoms with Gasteiger partial charge in [-0.15, -0.1) is 0 Å². The topological polar surface area (TPSA) is 33.7 Å². The molecule has 18 heavy (non-hydrogen) atoms. The van der Waals surface area contributed by atoms with Gasteiger partial charge < -0.3 is 19.7 Å². The average molecular weight is 258 g/mol. The number of hydrogen-bond acceptors (Lipinski definition) is 4. The Morgan fingerprint density at radius 2 is 1.83 bits per heavy atom. The van der Waals surface area contributed by atoms with E-state index in [4.69, 9.17) is 9.47 Å². The molecule has 0 amide bonds. The predicted octanol–water partition coefficient (Wildman–Crippen LogP) is 1.50. The molecule has 0 aromatic heterocycles. The second kappa shape index (κ2) is 10.7. The molecule has 4 nitrogen and oxygen atoms in total. The standard InChI is InChI=1S/C14H30N2O2/c1-3-6-15-14(2)13-18-12-11-17-10-9-16-7-4-5-8-16/h14-15H,3-13H2,1-2H3. The third-order valence-corrected chi connectivity index (χ3v) is 3.23. The quantitative estimate of drug-likeness (QED) is 0.570. The fourth-order valence-electron chi connectivity index (χ4n) is 2.13. The van der Waals surface area contributed by atoms with E-state index in [0.717, 1.165) is 26.3 Å². The summed E-state index contributed by atoms with van der Waals surface area (Å²) in [6.07, 6.45) is 3.88. The molecule has 1 heterocycles. The van der Waals surface area contributed by atoms with Gasteiger partial charge in [-0.25, -0.2) is 0 Å². The zero-order valence-corrected chi connectivity index (χ0v) is 12.1. The van der Waals surface area contributed by atoms with Crippen molar-refractivity contribution in [2.24, 2.45) is 0 Å². The van der Waals surface area contributed by atoms with Gasteiger partial charge in [0.2, 0.25) is 0 Å².